The average Bonchev–Trinajstić information content (AvgIpc) is 1.21. The molecule has 2 fully saturated rings. The predicted molar refractivity (Wildman–Crippen MR) is 343 cm³/mol. The fourth-order valence-electron chi connectivity index (χ4n) is 11.1. The van der Waals surface area contributed by atoms with Crippen LogP contribution in [0.25, 0.3) is 0 Å². The van der Waals surface area contributed by atoms with E-state index in [2.05, 4.69) is 74.9 Å². The van der Waals surface area contributed by atoms with E-state index in [9.17, 15) is 73.2 Å². The maximum atomic E-state index is 14.9. The summed E-state index contributed by atoms with van der Waals surface area (Å²) in [5, 5.41) is 66.4. The van der Waals surface area contributed by atoms with Gasteiger partial charge in [0.05, 0.1) is 24.9 Å². The average molecular weight is 1320 g/mol. The van der Waals surface area contributed by atoms with Crippen LogP contribution in [0.1, 0.15) is 156 Å². The molecule has 2 aliphatic carbocycles. The van der Waals surface area contributed by atoms with Crippen LogP contribution < -0.4 is 87.6 Å². The number of hydrogen-bond donors (Lipinski definition) is 20. The molecule has 26 N–H and O–H groups in total. The first-order valence-corrected chi connectivity index (χ1v) is 32.2. The van der Waals surface area contributed by atoms with E-state index in [0.29, 0.717) is 57.9 Å². The summed E-state index contributed by atoms with van der Waals surface area (Å²) in [6.45, 7) is 6.58. The zero-order valence-corrected chi connectivity index (χ0v) is 54.2. The van der Waals surface area contributed by atoms with Crippen LogP contribution in [0, 0.1) is 0 Å². The van der Waals surface area contributed by atoms with Gasteiger partial charge in [-0.3, -0.25) is 62.8 Å². The number of aliphatic hydroxyl groups is 3. The number of nitrogens with zero attached hydrogens (tertiary/aromatic N) is 3. The summed E-state index contributed by atoms with van der Waals surface area (Å²) in [6, 6.07) is -13.0. The van der Waals surface area contributed by atoms with Gasteiger partial charge in [-0.25, -0.2) is 4.79 Å². The van der Waals surface area contributed by atoms with Gasteiger partial charge in [0.15, 0.2) is 18.0 Å². The molecule has 1 aliphatic heterocycles. The quantitative estimate of drug-likeness (QED) is 0.0117. The number of carbonyl (C=O) groups is 11. The second-order valence-electron chi connectivity index (χ2n) is 24.4. The number of aliphatic carboxylic acids is 1. The lowest BCUT2D eigenvalue weighted by Gasteiger charge is -2.40. The molecule has 0 unspecified atom stereocenters. The van der Waals surface area contributed by atoms with Crippen molar-refractivity contribution in [3.8, 4) is 0 Å². The Morgan fingerprint density at radius 2 is 0.892 bits per heavy atom. The van der Waals surface area contributed by atoms with Gasteiger partial charge in [-0.15, -0.1) is 0 Å². The lowest BCUT2D eigenvalue weighted by molar-refractivity contribution is -0.145. The van der Waals surface area contributed by atoms with Gasteiger partial charge in [0.25, 0.3) is 0 Å². The molecule has 3 aliphatic rings. The molecule has 3 rings (SSSR count). The summed E-state index contributed by atoms with van der Waals surface area (Å²) in [6.07, 6.45) is 7.09. The van der Waals surface area contributed by atoms with E-state index in [1.807, 2.05) is 5.32 Å². The van der Waals surface area contributed by atoms with Gasteiger partial charge in [-0.2, -0.15) is 0 Å². The highest BCUT2D eigenvalue weighted by atomic mass is 16.4. The van der Waals surface area contributed by atoms with Crippen LogP contribution in [0.2, 0.25) is 0 Å². The third-order valence-electron chi connectivity index (χ3n) is 16.6. The molecule has 10 amide bonds. The Kier molecular flexibility index (Phi) is 34.5. The van der Waals surface area contributed by atoms with Crippen molar-refractivity contribution in [1.29, 1.82) is 0 Å². The standard InChI is InChI=1S/C59H105N19O15/c1-34(61)45(82)69-40(22-18-29-67-57(64)65)50(87)76-58(23-9-5-10-24-58)54(92)73-41(20-8-14-30-78-31-15-16-32-78)51(88)77-59(25-11-6-12-26-59)55(93)75-43(36(3)80)52(89)68-35(2)46(83)70-39(21-17-28-66-56(62)63)47(84)71-38(19-7-13-27-60)48(85)72-42(33-79)49(86)74-44(37(4)81)53(90)91/h15-16,34-44,79-81H,5-14,17-33,60-61H2,1-4H3,(H,68,89)(H,69,82)(H,70,83)(H,71,84)(H,72,85)(H,73,92)(H,74,86)(H,75,93)(H,76,87)(H,77,88)(H,90,91)(H4,62,63,66)(H4,64,65,67)/t34-,35-,36+,37+,38-,39-,40-,41-,42-,43-,44-/m0/s1. The summed E-state index contributed by atoms with van der Waals surface area (Å²) in [7, 11) is 0. The maximum absolute atomic E-state index is 14.9. The van der Waals surface area contributed by atoms with Gasteiger partial charge in [0.2, 0.25) is 59.1 Å². The Morgan fingerprint density at radius 3 is 1.33 bits per heavy atom. The molecule has 0 saturated heterocycles. The maximum Gasteiger partial charge on any atom is 0.328 e. The highest BCUT2D eigenvalue weighted by Crippen LogP contribution is 2.31. The molecule has 34 heteroatoms. The Hall–Kier alpha value is -7.79. The van der Waals surface area contributed by atoms with Crippen molar-refractivity contribution in [1.82, 2.24) is 58.1 Å². The van der Waals surface area contributed by atoms with Crippen molar-refractivity contribution in [3.05, 3.63) is 12.2 Å². The molecule has 93 heavy (non-hydrogen) atoms. The summed E-state index contributed by atoms with van der Waals surface area (Å²) < 4.78 is 0. The van der Waals surface area contributed by atoms with Gasteiger partial charge < -0.3 is 108 Å². The molecule has 34 nitrogen and oxygen atoms in total. The van der Waals surface area contributed by atoms with Crippen LogP contribution in [-0.2, 0) is 52.7 Å². The van der Waals surface area contributed by atoms with E-state index in [4.69, 9.17) is 34.4 Å². The Morgan fingerprint density at radius 1 is 0.484 bits per heavy atom. The van der Waals surface area contributed by atoms with Crippen LogP contribution in [0.3, 0.4) is 0 Å². The number of guanidine groups is 2. The van der Waals surface area contributed by atoms with Gasteiger partial charge in [0, 0.05) is 26.2 Å². The predicted octanol–water partition coefficient (Wildman–Crippen LogP) is -6.01. The molecule has 0 radical (unpaired) electrons. The number of nitrogens with two attached hydrogens (primary N) is 6. The highest BCUT2D eigenvalue weighted by molar-refractivity contribution is 6.01. The molecular formula is C59H105N19O15. The van der Waals surface area contributed by atoms with E-state index in [1.54, 1.807) is 0 Å². The van der Waals surface area contributed by atoms with Gasteiger partial charge >= 0.3 is 5.97 Å². The van der Waals surface area contributed by atoms with E-state index < -0.39 is 149 Å². The number of carbonyl (C=O) groups excluding carboxylic acids is 10. The third-order valence-corrected chi connectivity index (χ3v) is 16.6. The Bertz CT molecular complexity index is 2580. The number of hydrogen-bond acceptors (Lipinski definition) is 19. The van der Waals surface area contributed by atoms with Crippen LogP contribution >= 0.6 is 0 Å². The lowest BCUT2D eigenvalue weighted by atomic mass is 9.79. The second kappa shape index (κ2) is 40.3. The van der Waals surface area contributed by atoms with Crippen LogP contribution in [0.15, 0.2) is 22.1 Å². The third kappa shape index (κ3) is 27.0. The zero-order valence-electron chi connectivity index (χ0n) is 54.2. The van der Waals surface area contributed by atoms with Crippen molar-refractivity contribution >= 4 is 77.0 Å². The number of aliphatic imine (C=N–C) groups is 2. The second-order valence-corrected chi connectivity index (χ2v) is 24.4. The molecule has 0 aromatic rings. The number of unbranched alkanes of at least 4 members (excludes halogenated alkanes) is 2. The van der Waals surface area contributed by atoms with Gasteiger partial charge in [-0.1, -0.05) is 50.7 Å². The highest BCUT2D eigenvalue weighted by Gasteiger charge is 2.47. The summed E-state index contributed by atoms with van der Waals surface area (Å²) >= 11 is 0. The molecule has 0 spiro atoms. The molecule has 0 aromatic heterocycles. The van der Waals surface area contributed by atoms with E-state index >= 15 is 0 Å². The lowest BCUT2D eigenvalue weighted by Crippen LogP contribution is -2.68. The molecule has 1 heterocycles. The topological polar surface area (TPSA) is 573 Å². The van der Waals surface area contributed by atoms with Gasteiger partial charge in [-0.05, 0) is 131 Å². The first-order valence-electron chi connectivity index (χ1n) is 32.2. The van der Waals surface area contributed by atoms with Crippen molar-refractivity contribution in [2.24, 2.45) is 44.4 Å². The van der Waals surface area contributed by atoms with Gasteiger partial charge in [0.1, 0.15) is 53.4 Å². The molecule has 526 valence electrons. The minimum absolute atomic E-state index is 0.0136. The summed E-state index contributed by atoms with van der Waals surface area (Å²) in [5.41, 5.74) is 30.4. The SMILES string of the molecule is C[C@H](N)C(=O)N[C@@H](CCCN=C(N)N)C(=O)NC1(C(=O)N[C@@H](CCCCN2CC=CC2)C(=O)NC2(C(=O)N[C@H](C(=O)N[C@@H](C)C(=O)N[C@@H](CCCN=C(N)N)C(=O)N[C@@H](CCCCN)C(=O)N[C@@H](CO)C(=O)N[C@H](C(=O)O)[C@@H](C)O)[C@@H](C)O)CCCCC2)CCCCC1. The molecule has 0 bridgehead atoms. The summed E-state index contributed by atoms with van der Waals surface area (Å²) in [5.74, 6) is -10.5. The van der Waals surface area contributed by atoms with E-state index in [1.165, 1.54) is 20.8 Å². The van der Waals surface area contributed by atoms with Crippen molar-refractivity contribution < 1.29 is 73.2 Å². The number of rotatable bonds is 41. The zero-order chi connectivity index (χ0) is 69.4. The Labute approximate surface area is 542 Å². The van der Waals surface area contributed by atoms with Crippen LogP contribution in [0.4, 0.5) is 0 Å². The largest absolute Gasteiger partial charge is 0.480 e. The monoisotopic (exact) mass is 1320 g/mol. The fraction of sp³-hybridized carbons (Fsp3) is 0.746. The van der Waals surface area contributed by atoms with Crippen LogP contribution in [0.5, 0.6) is 0 Å². The number of carboxylic acids is 1. The molecule has 2 saturated carbocycles. The molecule has 11 atom stereocenters. The van der Waals surface area contributed by atoms with E-state index in [0.717, 1.165) is 26.4 Å². The molecular weight excluding hydrogens is 1210 g/mol. The fourth-order valence-corrected chi connectivity index (χ4v) is 11.1. The minimum Gasteiger partial charge on any atom is -0.480 e. The number of nitrogens with one attached hydrogen (secondary N) is 10. The van der Waals surface area contributed by atoms with E-state index in [-0.39, 0.29) is 102 Å². The first-order chi connectivity index (χ1) is 44.0. The Balaban J connectivity index is 1.90. The number of amides is 10. The van der Waals surface area contributed by atoms with Crippen LogP contribution in [-0.4, -0.2) is 226 Å². The number of carboxylic acid groups (broad SMARTS) is 1. The summed E-state index contributed by atoms with van der Waals surface area (Å²) in [4.78, 5) is 162. The number of aliphatic hydroxyl groups excluding tert-OH is 3. The molecule has 0 aromatic carbocycles. The minimum atomic E-state index is -1.80. The van der Waals surface area contributed by atoms with Crippen molar-refractivity contribution in [3.63, 3.8) is 0 Å². The smallest absolute Gasteiger partial charge is 0.328 e. The normalized spacial score (nSPS) is 18.6. The first kappa shape index (κ1) is 79.4. The van der Waals surface area contributed by atoms with Crippen molar-refractivity contribution in [2.75, 3.05) is 45.9 Å². The van der Waals surface area contributed by atoms with Crippen molar-refractivity contribution in [2.45, 2.75) is 234 Å².